The van der Waals surface area contributed by atoms with Crippen molar-refractivity contribution in [3.63, 3.8) is 0 Å². The Balaban J connectivity index is 1.75. The molecule has 0 aliphatic rings. The predicted octanol–water partition coefficient (Wildman–Crippen LogP) is 2.07. The van der Waals surface area contributed by atoms with Crippen molar-refractivity contribution >= 4 is 17.3 Å². The first kappa shape index (κ1) is 12.9. The van der Waals surface area contributed by atoms with Crippen molar-refractivity contribution < 1.29 is 9.53 Å². The standard InChI is InChI=1S/C14H15N3O2/c15-11-2-1-3-13(10-11)19-9-6-14(18)17-12-4-7-16-8-5-12/h1-5,7-8,10H,6,9,15H2,(H,16,17,18). The van der Waals surface area contributed by atoms with Crippen LogP contribution in [0.2, 0.25) is 0 Å². The molecule has 0 saturated carbocycles. The summed E-state index contributed by atoms with van der Waals surface area (Å²) in [5, 5.41) is 2.76. The lowest BCUT2D eigenvalue weighted by molar-refractivity contribution is -0.116. The van der Waals surface area contributed by atoms with Crippen molar-refractivity contribution in [1.82, 2.24) is 4.98 Å². The molecule has 0 saturated heterocycles. The van der Waals surface area contributed by atoms with Gasteiger partial charge in [0.25, 0.3) is 0 Å². The third-order valence-corrected chi connectivity index (χ3v) is 2.42. The lowest BCUT2D eigenvalue weighted by Crippen LogP contribution is -2.15. The number of hydrogen-bond acceptors (Lipinski definition) is 4. The van der Waals surface area contributed by atoms with Gasteiger partial charge < -0.3 is 15.8 Å². The molecule has 0 aliphatic carbocycles. The van der Waals surface area contributed by atoms with Crippen molar-refractivity contribution in [3.05, 3.63) is 48.8 Å². The molecule has 0 bridgehead atoms. The highest BCUT2D eigenvalue weighted by Crippen LogP contribution is 2.14. The number of ether oxygens (including phenoxy) is 1. The maximum absolute atomic E-state index is 11.6. The smallest absolute Gasteiger partial charge is 0.227 e. The second-order valence-corrected chi connectivity index (χ2v) is 3.96. The molecule has 0 radical (unpaired) electrons. The van der Waals surface area contributed by atoms with Crippen LogP contribution in [0.5, 0.6) is 5.75 Å². The Hall–Kier alpha value is -2.56. The summed E-state index contributed by atoms with van der Waals surface area (Å²) in [4.78, 5) is 15.5. The predicted molar refractivity (Wildman–Crippen MR) is 73.8 cm³/mol. The van der Waals surface area contributed by atoms with Crippen LogP contribution in [0.3, 0.4) is 0 Å². The van der Waals surface area contributed by atoms with Crippen LogP contribution in [0.4, 0.5) is 11.4 Å². The van der Waals surface area contributed by atoms with Gasteiger partial charge in [0.2, 0.25) is 5.91 Å². The minimum absolute atomic E-state index is 0.102. The molecule has 1 aromatic carbocycles. The number of amides is 1. The molecule has 5 nitrogen and oxygen atoms in total. The quantitative estimate of drug-likeness (QED) is 0.804. The number of anilines is 2. The molecule has 0 atom stereocenters. The Bertz CT molecular complexity index is 543. The van der Waals surface area contributed by atoms with E-state index in [0.29, 0.717) is 18.0 Å². The minimum Gasteiger partial charge on any atom is -0.493 e. The van der Waals surface area contributed by atoms with Gasteiger partial charge in [-0.25, -0.2) is 0 Å². The van der Waals surface area contributed by atoms with E-state index in [2.05, 4.69) is 10.3 Å². The van der Waals surface area contributed by atoms with E-state index in [9.17, 15) is 4.79 Å². The Morgan fingerprint density at radius 3 is 2.79 bits per heavy atom. The number of nitrogens with one attached hydrogen (secondary N) is 1. The molecule has 0 aliphatic heterocycles. The lowest BCUT2D eigenvalue weighted by atomic mass is 10.3. The van der Waals surface area contributed by atoms with E-state index in [1.54, 1.807) is 42.7 Å². The Labute approximate surface area is 111 Å². The first-order valence-corrected chi connectivity index (χ1v) is 5.92. The van der Waals surface area contributed by atoms with E-state index >= 15 is 0 Å². The van der Waals surface area contributed by atoms with Crippen LogP contribution < -0.4 is 15.8 Å². The van der Waals surface area contributed by atoms with E-state index in [0.717, 1.165) is 5.69 Å². The summed E-state index contributed by atoms with van der Waals surface area (Å²) in [7, 11) is 0. The fraction of sp³-hybridized carbons (Fsp3) is 0.143. The largest absolute Gasteiger partial charge is 0.493 e. The van der Waals surface area contributed by atoms with Gasteiger partial charge in [0.05, 0.1) is 13.0 Å². The molecular weight excluding hydrogens is 242 g/mol. The van der Waals surface area contributed by atoms with E-state index in [4.69, 9.17) is 10.5 Å². The fourth-order valence-electron chi connectivity index (χ4n) is 1.52. The third-order valence-electron chi connectivity index (χ3n) is 2.42. The monoisotopic (exact) mass is 257 g/mol. The van der Waals surface area contributed by atoms with Crippen LogP contribution in [-0.2, 0) is 4.79 Å². The van der Waals surface area contributed by atoms with Gasteiger partial charge in [0, 0.05) is 29.8 Å². The molecule has 0 unspecified atom stereocenters. The highest BCUT2D eigenvalue weighted by molar-refractivity contribution is 5.90. The SMILES string of the molecule is Nc1cccc(OCCC(=O)Nc2ccncc2)c1. The summed E-state index contributed by atoms with van der Waals surface area (Å²) in [6.07, 6.45) is 3.52. The zero-order valence-corrected chi connectivity index (χ0v) is 10.4. The van der Waals surface area contributed by atoms with E-state index in [1.165, 1.54) is 0 Å². The molecule has 2 rings (SSSR count). The summed E-state index contributed by atoms with van der Waals surface area (Å²) in [5.41, 5.74) is 6.99. The summed E-state index contributed by atoms with van der Waals surface area (Å²) in [6.45, 7) is 0.306. The normalized spacial score (nSPS) is 9.89. The summed E-state index contributed by atoms with van der Waals surface area (Å²) in [6, 6.07) is 10.6. The Kier molecular flexibility index (Phi) is 4.34. The number of pyridine rings is 1. The third kappa shape index (κ3) is 4.31. The number of nitrogens with zero attached hydrogens (tertiary/aromatic N) is 1. The van der Waals surface area contributed by atoms with Gasteiger partial charge in [-0.3, -0.25) is 9.78 Å². The number of rotatable bonds is 5. The zero-order chi connectivity index (χ0) is 13.5. The molecule has 0 fully saturated rings. The second-order valence-electron chi connectivity index (χ2n) is 3.96. The van der Waals surface area contributed by atoms with Gasteiger partial charge in [-0.15, -0.1) is 0 Å². The molecular formula is C14H15N3O2. The van der Waals surface area contributed by atoms with E-state index in [1.807, 2.05) is 6.07 Å². The van der Waals surface area contributed by atoms with Crippen molar-refractivity contribution in [2.75, 3.05) is 17.7 Å². The maximum atomic E-state index is 11.6. The van der Waals surface area contributed by atoms with Crippen LogP contribution in [0.15, 0.2) is 48.8 Å². The summed E-state index contributed by atoms with van der Waals surface area (Å²) < 4.78 is 5.44. The number of carbonyl (C=O) groups excluding carboxylic acids is 1. The van der Waals surface area contributed by atoms with Crippen molar-refractivity contribution in [3.8, 4) is 5.75 Å². The van der Waals surface area contributed by atoms with Gasteiger partial charge in [-0.2, -0.15) is 0 Å². The maximum Gasteiger partial charge on any atom is 0.227 e. The molecule has 1 heterocycles. The lowest BCUT2D eigenvalue weighted by Gasteiger charge is -2.07. The number of nitrogen functional groups attached to an aromatic ring is 1. The van der Waals surface area contributed by atoms with Gasteiger partial charge >= 0.3 is 0 Å². The van der Waals surface area contributed by atoms with Gasteiger partial charge in [-0.1, -0.05) is 6.07 Å². The Morgan fingerprint density at radius 1 is 1.26 bits per heavy atom. The van der Waals surface area contributed by atoms with Crippen LogP contribution in [0.25, 0.3) is 0 Å². The first-order valence-electron chi connectivity index (χ1n) is 5.92. The molecule has 98 valence electrons. The van der Waals surface area contributed by atoms with Crippen molar-refractivity contribution in [2.24, 2.45) is 0 Å². The highest BCUT2D eigenvalue weighted by Gasteiger charge is 2.02. The number of aromatic nitrogens is 1. The zero-order valence-electron chi connectivity index (χ0n) is 10.4. The molecule has 1 amide bonds. The van der Waals surface area contributed by atoms with Crippen molar-refractivity contribution in [1.29, 1.82) is 0 Å². The number of nitrogens with two attached hydrogens (primary N) is 1. The Morgan fingerprint density at radius 2 is 2.05 bits per heavy atom. The molecule has 3 N–H and O–H groups in total. The average Bonchev–Trinajstić information content (AvgIpc) is 2.40. The number of hydrogen-bond donors (Lipinski definition) is 2. The minimum atomic E-state index is -0.102. The summed E-state index contributed by atoms with van der Waals surface area (Å²) >= 11 is 0. The number of carbonyl (C=O) groups is 1. The van der Waals surface area contributed by atoms with Crippen LogP contribution >= 0.6 is 0 Å². The highest BCUT2D eigenvalue weighted by atomic mass is 16.5. The van der Waals surface area contributed by atoms with Crippen LogP contribution in [-0.4, -0.2) is 17.5 Å². The van der Waals surface area contributed by atoms with Crippen molar-refractivity contribution in [2.45, 2.75) is 6.42 Å². The summed E-state index contributed by atoms with van der Waals surface area (Å²) in [5.74, 6) is 0.562. The first-order chi connectivity index (χ1) is 9.24. The molecule has 5 heteroatoms. The van der Waals surface area contributed by atoms with Gasteiger partial charge in [0.1, 0.15) is 5.75 Å². The van der Waals surface area contributed by atoms with Gasteiger partial charge in [0.15, 0.2) is 0 Å². The number of benzene rings is 1. The van der Waals surface area contributed by atoms with Crippen LogP contribution in [0, 0.1) is 0 Å². The van der Waals surface area contributed by atoms with Gasteiger partial charge in [-0.05, 0) is 24.3 Å². The van der Waals surface area contributed by atoms with Crippen LogP contribution in [0.1, 0.15) is 6.42 Å². The van der Waals surface area contributed by atoms with E-state index < -0.39 is 0 Å². The average molecular weight is 257 g/mol. The van der Waals surface area contributed by atoms with E-state index in [-0.39, 0.29) is 12.3 Å². The molecule has 19 heavy (non-hydrogen) atoms. The second kappa shape index (κ2) is 6.39. The fourth-order valence-corrected chi connectivity index (χ4v) is 1.52. The molecule has 0 spiro atoms. The molecule has 1 aromatic heterocycles. The molecule has 2 aromatic rings. The topological polar surface area (TPSA) is 77.2 Å².